The van der Waals surface area contributed by atoms with Gasteiger partial charge in [0.25, 0.3) is 5.56 Å². The van der Waals surface area contributed by atoms with E-state index in [2.05, 4.69) is 4.98 Å². The Labute approximate surface area is 201 Å². The summed E-state index contributed by atoms with van der Waals surface area (Å²) in [6, 6.07) is 17.8. The van der Waals surface area contributed by atoms with Gasteiger partial charge in [0.05, 0.1) is 21.1 Å². The third kappa shape index (κ3) is 4.72. The summed E-state index contributed by atoms with van der Waals surface area (Å²) in [4.78, 5) is 18.2. The molecule has 0 bridgehead atoms. The van der Waals surface area contributed by atoms with Crippen molar-refractivity contribution in [3.8, 4) is 11.5 Å². The van der Waals surface area contributed by atoms with E-state index in [1.165, 1.54) is 23.5 Å². The first kappa shape index (κ1) is 22.9. The Morgan fingerprint density at radius 3 is 2.63 bits per heavy atom. The number of hydrogen-bond donors (Lipinski definition) is 0. The normalized spacial score (nSPS) is 12.5. The lowest BCUT2D eigenvalue weighted by molar-refractivity contribution is -0.137. The van der Waals surface area contributed by atoms with Gasteiger partial charge in [-0.15, -0.1) is 0 Å². The van der Waals surface area contributed by atoms with E-state index in [1.807, 2.05) is 43.3 Å². The van der Waals surface area contributed by atoms with E-state index in [4.69, 9.17) is 9.47 Å². The second-order valence-corrected chi connectivity index (χ2v) is 8.91. The van der Waals surface area contributed by atoms with Crippen molar-refractivity contribution in [3.63, 3.8) is 0 Å². The maximum atomic E-state index is 13.1. The Bertz CT molecular complexity index is 1640. The van der Waals surface area contributed by atoms with Crippen molar-refractivity contribution < 1.29 is 22.6 Å². The lowest BCUT2D eigenvalue weighted by Crippen LogP contribution is -2.22. The number of benzene rings is 3. The minimum atomic E-state index is -4.43. The number of rotatable bonds is 6. The standard InChI is InChI=1S/C26H19F3N2O3S/c1-16-9-10-22(34-12-11-33-19-6-4-5-18(15-19)26(27,28)29)17(13-16)14-23-24(32)31-21-8-3-2-7-20(21)30-25(31)35-23/h2-10,13-15H,11-12H2,1H3/b23-14-. The summed E-state index contributed by atoms with van der Waals surface area (Å²) in [6.45, 7) is 2.10. The Morgan fingerprint density at radius 2 is 1.80 bits per heavy atom. The molecule has 2 heterocycles. The Balaban J connectivity index is 1.36. The molecule has 0 N–H and O–H groups in total. The number of hydrogen-bond acceptors (Lipinski definition) is 5. The van der Waals surface area contributed by atoms with Gasteiger partial charge in [0, 0.05) is 5.56 Å². The van der Waals surface area contributed by atoms with Crippen molar-refractivity contribution in [3.05, 3.63) is 98.3 Å². The number of para-hydroxylation sites is 2. The molecule has 5 rings (SSSR count). The molecule has 0 atom stereocenters. The van der Waals surface area contributed by atoms with Crippen molar-refractivity contribution in [2.75, 3.05) is 13.2 Å². The van der Waals surface area contributed by atoms with Gasteiger partial charge >= 0.3 is 6.18 Å². The summed E-state index contributed by atoms with van der Waals surface area (Å²) >= 11 is 1.30. The number of fused-ring (bicyclic) bond motifs is 3. The van der Waals surface area contributed by atoms with Crippen LogP contribution in [0.5, 0.6) is 11.5 Å². The van der Waals surface area contributed by atoms with E-state index in [9.17, 15) is 18.0 Å². The van der Waals surface area contributed by atoms with Crippen molar-refractivity contribution >= 4 is 33.4 Å². The van der Waals surface area contributed by atoms with Crippen LogP contribution in [0.4, 0.5) is 13.2 Å². The van der Waals surface area contributed by atoms with E-state index in [-0.39, 0.29) is 24.5 Å². The summed E-state index contributed by atoms with van der Waals surface area (Å²) in [5, 5.41) is 0. The van der Waals surface area contributed by atoms with E-state index in [1.54, 1.807) is 16.5 Å². The zero-order chi connectivity index (χ0) is 24.6. The topological polar surface area (TPSA) is 52.8 Å². The quantitative estimate of drug-likeness (QED) is 0.302. The maximum Gasteiger partial charge on any atom is 0.416 e. The second kappa shape index (κ2) is 9.07. The molecule has 5 aromatic rings. The fourth-order valence-electron chi connectivity index (χ4n) is 3.74. The highest BCUT2D eigenvalue weighted by Crippen LogP contribution is 2.31. The molecule has 0 fully saturated rings. The molecule has 0 saturated carbocycles. The Kier molecular flexibility index (Phi) is 5.94. The van der Waals surface area contributed by atoms with E-state index >= 15 is 0 Å². The van der Waals surface area contributed by atoms with Gasteiger partial charge < -0.3 is 9.47 Å². The molecular formula is C26H19F3N2O3S. The number of ether oxygens (including phenoxy) is 2. The van der Waals surface area contributed by atoms with E-state index in [0.717, 1.165) is 34.3 Å². The number of imidazole rings is 1. The first-order valence-corrected chi connectivity index (χ1v) is 11.6. The van der Waals surface area contributed by atoms with Crippen LogP contribution in [0.1, 0.15) is 16.7 Å². The van der Waals surface area contributed by atoms with Crippen LogP contribution in [-0.2, 0) is 6.18 Å². The minimum Gasteiger partial charge on any atom is -0.490 e. The highest BCUT2D eigenvalue weighted by Gasteiger charge is 2.30. The number of halogens is 3. The van der Waals surface area contributed by atoms with Gasteiger partial charge in [-0.25, -0.2) is 9.38 Å². The predicted octanol–water partition coefficient (Wildman–Crippen LogP) is 5.24. The van der Waals surface area contributed by atoms with Crippen LogP contribution in [0.15, 0.2) is 71.5 Å². The third-order valence-electron chi connectivity index (χ3n) is 5.37. The monoisotopic (exact) mass is 496 g/mol. The first-order chi connectivity index (χ1) is 16.8. The fraction of sp³-hybridized carbons (Fsp3) is 0.154. The van der Waals surface area contributed by atoms with Crippen LogP contribution >= 0.6 is 11.3 Å². The average Bonchev–Trinajstić information content (AvgIpc) is 3.33. The molecule has 0 aliphatic rings. The average molecular weight is 497 g/mol. The molecule has 0 aliphatic heterocycles. The van der Waals surface area contributed by atoms with Crippen LogP contribution < -0.4 is 19.6 Å². The summed E-state index contributed by atoms with van der Waals surface area (Å²) < 4.78 is 52.0. The number of alkyl halides is 3. The molecule has 0 unspecified atom stereocenters. The molecule has 35 heavy (non-hydrogen) atoms. The fourth-order valence-corrected chi connectivity index (χ4v) is 4.72. The van der Waals surface area contributed by atoms with Gasteiger partial charge in [-0.3, -0.25) is 4.79 Å². The molecule has 0 radical (unpaired) electrons. The molecular weight excluding hydrogens is 477 g/mol. The summed E-state index contributed by atoms with van der Waals surface area (Å²) in [5.41, 5.74) is 2.31. The highest BCUT2D eigenvalue weighted by molar-refractivity contribution is 7.15. The van der Waals surface area contributed by atoms with Crippen molar-refractivity contribution in [1.29, 1.82) is 0 Å². The predicted molar refractivity (Wildman–Crippen MR) is 129 cm³/mol. The van der Waals surface area contributed by atoms with Gasteiger partial charge in [-0.1, -0.05) is 41.2 Å². The van der Waals surface area contributed by atoms with Crippen molar-refractivity contribution in [1.82, 2.24) is 9.38 Å². The van der Waals surface area contributed by atoms with Crippen LogP contribution in [-0.4, -0.2) is 22.6 Å². The molecule has 9 heteroatoms. The molecule has 0 amide bonds. The lowest BCUT2D eigenvalue weighted by atomic mass is 10.1. The SMILES string of the molecule is Cc1ccc(OCCOc2cccc(C(F)(F)F)c2)c(/C=c2\sc3nc4ccccc4n3c2=O)c1. The molecule has 178 valence electrons. The summed E-state index contributed by atoms with van der Waals surface area (Å²) in [7, 11) is 0. The number of thiazole rings is 1. The molecule has 0 saturated heterocycles. The van der Waals surface area contributed by atoms with Crippen LogP contribution in [0, 0.1) is 6.92 Å². The zero-order valence-corrected chi connectivity index (χ0v) is 19.3. The van der Waals surface area contributed by atoms with Gasteiger partial charge in [0.15, 0.2) is 4.96 Å². The Hall–Kier alpha value is -3.85. The van der Waals surface area contributed by atoms with Crippen molar-refractivity contribution in [2.45, 2.75) is 13.1 Å². The molecule has 5 nitrogen and oxygen atoms in total. The summed E-state index contributed by atoms with van der Waals surface area (Å²) in [6.07, 6.45) is -2.66. The van der Waals surface area contributed by atoms with Gasteiger partial charge in [0.1, 0.15) is 24.7 Å². The van der Waals surface area contributed by atoms with Crippen LogP contribution in [0.25, 0.3) is 22.1 Å². The molecule has 2 aromatic heterocycles. The van der Waals surface area contributed by atoms with Crippen LogP contribution in [0.3, 0.4) is 0 Å². The van der Waals surface area contributed by atoms with Crippen LogP contribution in [0.2, 0.25) is 0 Å². The van der Waals surface area contributed by atoms with Gasteiger partial charge in [0.2, 0.25) is 0 Å². The third-order valence-corrected chi connectivity index (χ3v) is 6.34. The van der Waals surface area contributed by atoms with E-state index in [0.29, 0.717) is 15.2 Å². The highest BCUT2D eigenvalue weighted by atomic mass is 32.1. The number of aryl methyl sites for hydroxylation is 1. The Morgan fingerprint density at radius 1 is 1.00 bits per heavy atom. The van der Waals surface area contributed by atoms with E-state index < -0.39 is 11.7 Å². The first-order valence-electron chi connectivity index (χ1n) is 10.7. The summed E-state index contributed by atoms with van der Waals surface area (Å²) in [5.74, 6) is 0.655. The number of nitrogens with zero attached hydrogens (tertiary/aromatic N) is 2. The molecule has 0 aliphatic carbocycles. The molecule has 3 aromatic carbocycles. The molecule has 0 spiro atoms. The number of aromatic nitrogens is 2. The smallest absolute Gasteiger partial charge is 0.416 e. The zero-order valence-electron chi connectivity index (χ0n) is 18.5. The van der Waals surface area contributed by atoms with Gasteiger partial charge in [-0.2, -0.15) is 13.2 Å². The largest absolute Gasteiger partial charge is 0.490 e. The maximum absolute atomic E-state index is 13.1. The van der Waals surface area contributed by atoms with Crippen molar-refractivity contribution in [2.24, 2.45) is 0 Å². The lowest BCUT2D eigenvalue weighted by Gasteiger charge is -2.12. The second-order valence-electron chi connectivity index (χ2n) is 7.90. The minimum absolute atomic E-state index is 0.0558. The van der Waals surface area contributed by atoms with Gasteiger partial charge in [-0.05, 0) is 55.5 Å².